The van der Waals surface area contributed by atoms with Gasteiger partial charge in [0.15, 0.2) is 0 Å². The third-order valence-electron chi connectivity index (χ3n) is 2.01. The molecule has 1 aromatic heterocycles. The van der Waals surface area contributed by atoms with Crippen molar-refractivity contribution < 1.29 is 0 Å². The molecule has 0 saturated carbocycles. The number of hydrogen-bond acceptors (Lipinski definition) is 2. The number of alkyl halides is 1. The second kappa shape index (κ2) is 6.11. The van der Waals surface area contributed by atoms with Crippen molar-refractivity contribution in [3.63, 3.8) is 0 Å². The van der Waals surface area contributed by atoms with E-state index in [4.69, 9.17) is 11.6 Å². The lowest BCUT2D eigenvalue weighted by atomic mass is 10.3. The van der Waals surface area contributed by atoms with E-state index in [-0.39, 0.29) is 5.38 Å². The maximum atomic E-state index is 5.90. The Morgan fingerprint density at radius 1 is 1.64 bits per heavy atom. The smallest absolute Gasteiger partial charge is 0.0336 e. The number of thiophene rings is 1. The van der Waals surface area contributed by atoms with Crippen molar-refractivity contribution in [3.05, 3.63) is 20.8 Å². The first-order valence-electron chi connectivity index (χ1n) is 4.64. The van der Waals surface area contributed by atoms with E-state index in [2.05, 4.69) is 39.3 Å². The monoisotopic (exact) mass is 295 g/mol. The highest BCUT2D eigenvalue weighted by molar-refractivity contribution is 9.10. The molecule has 0 bridgehead atoms. The molecule has 0 saturated heterocycles. The molecule has 1 aromatic rings. The lowest BCUT2D eigenvalue weighted by molar-refractivity contribution is 0.324. The molecule has 1 heterocycles. The first-order valence-corrected chi connectivity index (χ1v) is 6.75. The quantitative estimate of drug-likeness (QED) is 0.744. The normalized spacial score (nSPS) is 13.5. The predicted molar refractivity (Wildman–Crippen MR) is 68.3 cm³/mol. The number of rotatable bonds is 5. The van der Waals surface area contributed by atoms with Crippen LogP contribution in [0.25, 0.3) is 0 Å². The zero-order valence-corrected chi connectivity index (χ0v) is 11.6. The highest BCUT2D eigenvalue weighted by Gasteiger charge is 2.06. The van der Waals surface area contributed by atoms with Crippen LogP contribution in [0.2, 0.25) is 0 Å². The third kappa shape index (κ3) is 4.30. The van der Waals surface area contributed by atoms with Gasteiger partial charge in [-0.1, -0.05) is 0 Å². The minimum atomic E-state index is 0.268. The van der Waals surface area contributed by atoms with E-state index in [1.165, 1.54) is 9.35 Å². The highest BCUT2D eigenvalue weighted by atomic mass is 79.9. The van der Waals surface area contributed by atoms with Crippen LogP contribution in [0.1, 0.15) is 18.2 Å². The summed E-state index contributed by atoms with van der Waals surface area (Å²) in [5, 5.41) is 2.38. The molecule has 0 radical (unpaired) electrons. The minimum absolute atomic E-state index is 0.268. The Labute approximate surface area is 103 Å². The van der Waals surface area contributed by atoms with Crippen molar-refractivity contribution in [2.75, 3.05) is 13.6 Å². The van der Waals surface area contributed by atoms with Crippen LogP contribution >= 0.6 is 38.9 Å². The molecule has 0 aromatic carbocycles. The fourth-order valence-corrected chi connectivity index (χ4v) is 2.81. The van der Waals surface area contributed by atoms with Gasteiger partial charge in [-0.2, -0.15) is 0 Å². The molecule has 0 spiro atoms. The first-order chi connectivity index (χ1) is 6.59. The third-order valence-corrected chi connectivity index (χ3v) is 4.14. The van der Waals surface area contributed by atoms with E-state index in [9.17, 15) is 0 Å². The summed E-state index contributed by atoms with van der Waals surface area (Å²) in [5.41, 5.74) is 0. The Balaban J connectivity index is 2.34. The molecular formula is C10H15BrClNS. The molecule has 1 rings (SSSR count). The summed E-state index contributed by atoms with van der Waals surface area (Å²) in [6.45, 7) is 4.09. The second-order valence-electron chi connectivity index (χ2n) is 3.50. The summed E-state index contributed by atoms with van der Waals surface area (Å²) in [7, 11) is 2.13. The van der Waals surface area contributed by atoms with E-state index >= 15 is 0 Å². The van der Waals surface area contributed by atoms with Crippen LogP contribution < -0.4 is 0 Å². The van der Waals surface area contributed by atoms with Crippen molar-refractivity contribution in [1.29, 1.82) is 0 Å². The fraction of sp³-hybridized carbons (Fsp3) is 0.600. The lowest BCUT2D eigenvalue weighted by Crippen LogP contribution is -2.20. The molecule has 1 unspecified atom stereocenters. The summed E-state index contributed by atoms with van der Waals surface area (Å²) in [6.07, 6.45) is 1.04. The molecule has 1 nitrogen and oxygen atoms in total. The second-order valence-corrected chi connectivity index (χ2v) is 6.10. The van der Waals surface area contributed by atoms with Crippen molar-refractivity contribution >= 4 is 38.9 Å². The minimum Gasteiger partial charge on any atom is -0.301 e. The first kappa shape index (κ1) is 12.5. The number of halogens is 2. The van der Waals surface area contributed by atoms with Crippen LogP contribution in [0.15, 0.2) is 15.9 Å². The fourth-order valence-electron chi connectivity index (χ4n) is 1.16. The Morgan fingerprint density at radius 3 is 2.86 bits per heavy atom. The van der Waals surface area contributed by atoms with Crippen LogP contribution in [0.5, 0.6) is 0 Å². The predicted octanol–water partition coefficient (Wildman–Crippen LogP) is 3.96. The van der Waals surface area contributed by atoms with Gasteiger partial charge in [-0.05, 0) is 54.3 Å². The van der Waals surface area contributed by atoms with Gasteiger partial charge >= 0.3 is 0 Å². The van der Waals surface area contributed by atoms with Gasteiger partial charge < -0.3 is 4.90 Å². The molecule has 14 heavy (non-hydrogen) atoms. The largest absolute Gasteiger partial charge is 0.301 e. The van der Waals surface area contributed by atoms with Crippen molar-refractivity contribution in [2.24, 2.45) is 0 Å². The summed E-state index contributed by atoms with van der Waals surface area (Å²) >= 11 is 11.2. The molecule has 0 N–H and O–H groups in total. The zero-order valence-electron chi connectivity index (χ0n) is 8.46. The van der Waals surface area contributed by atoms with Gasteiger partial charge in [-0.25, -0.2) is 0 Å². The Hall–Kier alpha value is 0.430. The number of nitrogens with zero attached hydrogens (tertiary/aromatic N) is 1. The van der Waals surface area contributed by atoms with Crippen LogP contribution in [0.4, 0.5) is 0 Å². The van der Waals surface area contributed by atoms with Gasteiger partial charge in [0.1, 0.15) is 0 Å². The standard InChI is InChI=1S/C10H15BrClNS/c1-8(12)3-5-13(2)7-10-9(11)4-6-14-10/h4,6,8H,3,5,7H2,1-2H3. The summed E-state index contributed by atoms with van der Waals surface area (Å²) in [4.78, 5) is 3.69. The zero-order chi connectivity index (χ0) is 10.6. The van der Waals surface area contributed by atoms with Crippen molar-refractivity contribution in [3.8, 4) is 0 Å². The van der Waals surface area contributed by atoms with Gasteiger partial charge in [-0.15, -0.1) is 22.9 Å². The van der Waals surface area contributed by atoms with E-state index in [1.54, 1.807) is 11.3 Å². The van der Waals surface area contributed by atoms with Crippen LogP contribution in [0, 0.1) is 0 Å². The molecule has 0 amide bonds. The maximum absolute atomic E-state index is 5.90. The number of hydrogen-bond donors (Lipinski definition) is 0. The molecule has 4 heteroatoms. The molecular weight excluding hydrogens is 282 g/mol. The molecule has 0 aliphatic heterocycles. The van der Waals surface area contributed by atoms with Crippen LogP contribution in [-0.2, 0) is 6.54 Å². The van der Waals surface area contributed by atoms with Crippen LogP contribution in [-0.4, -0.2) is 23.9 Å². The Kier molecular flexibility index (Phi) is 5.45. The lowest BCUT2D eigenvalue weighted by Gasteiger charge is -2.16. The van der Waals surface area contributed by atoms with Crippen molar-refractivity contribution in [2.45, 2.75) is 25.3 Å². The van der Waals surface area contributed by atoms with E-state index < -0.39 is 0 Å². The highest BCUT2D eigenvalue weighted by Crippen LogP contribution is 2.23. The summed E-state index contributed by atoms with van der Waals surface area (Å²) < 4.78 is 1.22. The van der Waals surface area contributed by atoms with Crippen molar-refractivity contribution in [1.82, 2.24) is 4.90 Å². The van der Waals surface area contributed by atoms with Gasteiger partial charge in [0.25, 0.3) is 0 Å². The SMILES string of the molecule is CC(Cl)CCN(C)Cc1sccc1Br. The Bertz CT molecular complexity index is 275. The van der Waals surface area contributed by atoms with Gasteiger partial charge in [-0.3, -0.25) is 0 Å². The molecule has 1 atom stereocenters. The molecule has 0 aliphatic carbocycles. The topological polar surface area (TPSA) is 3.24 Å². The molecule has 0 fully saturated rings. The maximum Gasteiger partial charge on any atom is 0.0336 e. The van der Waals surface area contributed by atoms with E-state index in [1.807, 2.05) is 6.92 Å². The molecule has 0 aliphatic rings. The van der Waals surface area contributed by atoms with Crippen LogP contribution in [0.3, 0.4) is 0 Å². The molecule has 80 valence electrons. The summed E-state index contributed by atoms with van der Waals surface area (Å²) in [6, 6.07) is 2.10. The van der Waals surface area contributed by atoms with Gasteiger partial charge in [0.05, 0.1) is 0 Å². The van der Waals surface area contributed by atoms with Gasteiger partial charge in [0.2, 0.25) is 0 Å². The van der Waals surface area contributed by atoms with E-state index in [0.29, 0.717) is 0 Å². The summed E-state index contributed by atoms with van der Waals surface area (Å²) in [5.74, 6) is 0. The average molecular weight is 297 g/mol. The average Bonchev–Trinajstić information content (AvgIpc) is 2.49. The Morgan fingerprint density at radius 2 is 2.36 bits per heavy atom. The van der Waals surface area contributed by atoms with E-state index in [0.717, 1.165) is 19.5 Å². The van der Waals surface area contributed by atoms with Gasteiger partial charge in [0, 0.05) is 21.3 Å².